The number of nitrogens with one attached hydrogen (secondary N) is 1. The Morgan fingerprint density at radius 2 is 2.29 bits per heavy atom. The second-order valence-corrected chi connectivity index (χ2v) is 6.47. The molecule has 0 aliphatic heterocycles. The first-order chi connectivity index (χ1) is 10.2. The van der Waals surface area contributed by atoms with Crippen LogP contribution in [-0.2, 0) is 14.3 Å². The maximum absolute atomic E-state index is 11.6. The van der Waals surface area contributed by atoms with E-state index in [4.69, 9.17) is 4.74 Å². The molecule has 2 aromatic rings. The van der Waals surface area contributed by atoms with Gasteiger partial charge in [-0.05, 0) is 24.3 Å². The number of carbonyl (C=O) groups is 2. The highest BCUT2D eigenvalue weighted by atomic mass is 32.2. The molecule has 1 aliphatic carbocycles. The molecule has 1 N–H and O–H groups in total. The zero-order chi connectivity index (χ0) is 14.7. The molecule has 0 bridgehead atoms. The van der Waals surface area contributed by atoms with Gasteiger partial charge in [0.2, 0.25) is 0 Å². The lowest BCUT2D eigenvalue weighted by atomic mass is 10.4. The van der Waals surface area contributed by atoms with Crippen LogP contribution in [0.5, 0.6) is 0 Å². The molecular weight excluding hydrogens is 310 g/mol. The van der Waals surface area contributed by atoms with Gasteiger partial charge in [-0.15, -0.1) is 11.3 Å². The van der Waals surface area contributed by atoms with Gasteiger partial charge < -0.3 is 10.1 Å². The van der Waals surface area contributed by atoms with Crippen molar-refractivity contribution in [2.45, 2.75) is 23.9 Å². The van der Waals surface area contributed by atoms with Crippen LogP contribution >= 0.6 is 23.1 Å². The van der Waals surface area contributed by atoms with E-state index in [9.17, 15) is 9.59 Å². The third-order valence-corrected chi connectivity index (χ3v) is 4.66. The fraction of sp³-hybridized carbons (Fsp3) is 0.385. The van der Waals surface area contributed by atoms with Crippen LogP contribution in [0.4, 0.5) is 0 Å². The number of thioether (sulfide) groups is 1. The van der Waals surface area contributed by atoms with Crippen molar-refractivity contribution >= 4 is 45.2 Å². The average molecular weight is 323 g/mol. The van der Waals surface area contributed by atoms with Gasteiger partial charge in [-0.25, -0.2) is 9.97 Å². The minimum absolute atomic E-state index is 0.124. The molecule has 0 saturated heterocycles. The summed E-state index contributed by atoms with van der Waals surface area (Å²) in [6.45, 7) is -0.215. The Balaban J connectivity index is 1.46. The van der Waals surface area contributed by atoms with Crippen molar-refractivity contribution in [1.29, 1.82) is 0 Å². The summed E-state index contributed by atoms with van der Waals surface area (Å²) in [7, 11) is 0. The zero-order valence-electron chi connectivity index (χ0n) is 11.1. The number of nitrogens with zero attached hydrogens (tertiary/aromatic N) is 2. The van der Waals surface area contributed by atoms with E-state index in [1.165, 1.54) is 29.4 Å². The number of amides is 1. The molecule has 0 aromatic carbocycles. The quantitative estimate of drug-likeness (QED) is 0.494. The predicted octanol–water partition coefficient (Wildman–Crippen LogP) is 1.61. The normalized spacial score (nSPS) is 14.1. The highest BCUT2D eigenvalue weighted by Gasteiger charge is 2.23. The van der Waals surface area contributed by atoms with Gasteiger partial charge in [0.1, 0.15) is 16.2 Å². The topological polar surface area (TPSA) is 81.2 Å². The zero-order valence-corrected chi connectivity index (χ0v) is 12.7. The molecule has 0 unspecified atom stereocenters. The van der Waals surface area contributed by atoms with Gasteiger partial charge in [0, 0.05) is 11.4 Å². The van der Waals surface area contributed by atoms with Crippen LogP contribution in [0.2, 0.25) is 0 Å². The number of ether oxygens (including phenoxy) is 1. The fourth-order valence-corrected chi connectivity index (χ4v) is 3.27. The average Bonchev–Trinajstić information content (AvgIpc) is 3.15. The number of thiophene rings is 1. The smallest absolute Gasteiger partial charge is 0.316 e. The van der Waals surface area contributed by atoms with Crippen LogP contribution in [0.15, 0.2) is 22.8 Å². The lowest BCUT2D eigenvalue weighted by Crippen LogP contribution is -2.30. The largest absolute Gasteiger partial charge is 0.455 e. The van der Waals surface area contributed by atoms with E-state index in [0.717, 1.165) is 28.1 Å². The molecule has 1 fully saturated rings. The number of hydrogen-bond acceptors (Lipinski definition) is 7. The van der Waals surface area contributed by atoms with E-state index in [0.29, 0.717) is 0 Å². The van der Waals surface area contributed by atoms with Crippen LogP contribution in [0, 0.1) is 0 Å². The van der Waals surface area contributed by atoms with Crippen LogP contribution in [0.25, 0.3) is 10.2 Å². The van der Waals surface area contributed by atoms with Gasteiger partial charge in [0.15, 0.2) is 6.61 Å². The lowest BCUT2D eigenvalue weighted by molar-refractivity contribution is -0.145. The van der Waals surface area contributed by atoms with Gasteiger partial charge >= 0.3 is 5.97 Å². The molecule has 1 amide bonds. The maximum atomic E-state index is 11.6. The van der Waals surface area contributed by atoms with Crippen LogP contribution in [-0.4, -0.2) is 40.2 Å². The van der Waals surface area contributed by atoms with E-state index in [-0.39, 0.29) is 24.3 Å². The Hall–Kier alpha value is -1.67. The number of rotatable bonds is 6. The molecule has 0 atom stereocenters. The molecule has 1 saturated carbocycles. The van der Waals surface area contributed by atoms with Gasteiger partial charge in [-0.2, -0.15) is 0 Å². The molecule has 6 nitrogen and oxygen atoms in total. The molecule has 8 heteroatoms. The van der Waals surface area contributed by atoms with E-state index < -0.39 is 5.97 Å². The maximum Gasteiger partial charge on any atom is 0.316 e. The van der Waals surface area contributed by atoms with Crippen molar-refractivity contribution in [3.05, 3.63) is 17.8 Å². The summed E-state index contributed by atoms with van der Waals surface area (Å²) >= 11 is 2.82. The number of fused-ring (bicyclic) bond motifs is 1. The third-order valence-electron chi connectivity index (χ3n) is 2.86. The Kier molecular flexibility index (Phi) is 4.35. The highest BCUT2D eigenvalue weighted by molar-refractivity contribution is 8.00. The highest BCUT2D eigenvalue weighted by Crippen LogP contribution is 2.27. The standard InChI is InChI=1S/C13H13N3O3S2/c17-10(16-8-1-2-8)5-19-11(18)6-21-13-9-3-4-20-12(9)14-7-15-13/h3-4,7-8H,1-2,5-6H2,(H,16,17). The number of esters is 1. The summed E-state index contributed by atoms with van der Waals surface area (Å²) in [4.78, 5) is 32.2. The van der Waals surface area contributed by atoms with Crippen molar-refractivity contribution < 1.29 is 14.3 Å². The Bertz CT molecular complexity index is 669. The third kappa shape index (κ3) is 3.92. The Morgan fingerprint density at radius 3 is 3.10 bits per heavy atom. The lowest BCUT2D eigenvalue weighted by Gasteiger charge is -2.05. The first-order valence-electron chi connectivity index (χ1n) is 6.48. The molecular formula is C13H13N3O3S2. The van der Waals surface area contributed by atoms with E-state index in [2.05, 4.69) is 15.3 Å². The van der Waals surface area contributed by atoms with E-state index in [1.807, 2.05) is 11.4 Å². The molecule has 0 radical (unpaired) electrons. The minimum atomic E-state index is -0.423. The van der Waals surface area contributed by atoms with Gasteiger partial charge in [-0.1, -0.05) is 11.8 Å². The number of carbonyl (C=O) groups excluding carboxylic acids is 2. The van der Waals surface area contributed by atoms with E-state index in [1.54, 1.807) is 0 Å². The van der Waals surface area contributed by atoms with Crippen molar-refractivity contribution in [2.75, 3.05) is 12.4 Å². The van der Waals surface area contributed by atoms with Crippen LogP contribution in [0.1, 0.15) is 12.8 Å². The molecule has 2 heterocycles. The SMILES string of the molecule is O=C(COC(=O)CSc1ncnc2sccc12)NC1CC1. The summed E-state index contributed by atoms with van der Waals surface area (Å²) in [6.07, 6.45) is 3.51. The summed E-state index contributed by atoms with van der Waals surface area (Å²) in [5.41, 5.74) is 0. The molecule has 1 aliphatic rings. The minimum Gasteiger partial charge on any atom is -0.455 e. The van der Waals surface area contributed by atoms with Crippen LogP contribution in [0.3, 0.4) is 0 Å². The first-order valence-corrected chi connectivity index (χ1v) is 8.35. The Labute approximate surface area is 129 Å². The Morgan fingerprint density at radius 1 is 1.43 bits per heavy atom. The molecule has 0 spiro atoms. The van der Waals surface area contributed by atoms with Crippen molar-refractivity contribution in [3.8, 4) is 0 Å². The second kappa shape index (κ2) is 6.40. The van der Waals surface area contributed by atoms with E-state index >= 15 is 0 Å². The monoisotopic (exact) mass is 323 g/mol. The molecule has 2 aromatic heterocycles. The fourth-order valence-electron chi connectivity index (χ4n) is 1.69. The van der Waals surface area contributed by atoms with Gasteiger partial charge in [-0.3, -0.25) is 9.59 Å². The number of hydrogen-bond donors (Lipinski definition) is 1. The van der Waals surface area contributed by atoms with Crippen molar-refractivity contribution in [1.82, 2.24) is 15.3 Å². The van der Waals surface area contributed by atoms with Gasteiger partial charge in [0.05, 0.1) is 5.75 Å². The van der Waals surface area contributed by atoms with Crippen LogP contribution < -0.4 is 5.32 Å². The molecule has 3 rings (SSSR count). The second-order valence-electron chi connectivity index (χ2n) is 4.61. The predicted molar refractivity (Wildman–Crippen MR) is 80.3 cm³/mol. The van der Waals surface area contributed by atoms with Crippen molar-refractivity contribution in [3.63, 3.8) is 0 Å². The van der Waals surface area contributed by atoms with Gasteiger partial charge in [0.25, 0.3) is 5.91 Å². The summed E-state index contributed by atoms with van der Waals surface area (Å²) in [6, 6.07) is 2.20. The summed E-state index contributed by atoms with van der Waals surface area (Å²) < 4.78 is 4.94. The number of aromatic nitrogens is 2. The molecule has 21 heavy (non-hydrogen) atoms. The first kappa shape index (κ1) is 14.3. The summed E-state index contributed by atoms with van der Waals surface area (Å²) in [5.74, 6) is -0.537. The molecule has 110 valence electrons. The summed E-state index contributed by atoms with van der Waals surface area (Å²) in [5, 5.41) is 6.38. The van der Waals surface area contributed by atoms with Crippen molar-refractivity contribution in [2.24, 2.45) is 0 Å².